The lowest BCUT2D eigenvalue weighted by molar-refractivity contribution is -0.0666. The summed E-state index contributed by atoms with van der Waals surface area (Å²) in [6.07, 6.45) is 5.31. The first-order chi connectivity index (χ1) is 7.86. The molecule has 1 aliphatic rings. The van der Waals surface area contributed by atoms with Gasteiger partial charge in [-0.25, -0.2) is 0 Å². The number of aliphatic imine (C=N–C) groups is 1. The first-order valence-electron chi connectivity index (χ1n) is 6.46. The van der Waals surface area contributed by atoms with Gasteiger partial charge in [-0.05, 0) is 27.2 Å². The van der Waals surface area contributed by atoms with Crippen LogP contribution in [-0.4, -0.2) is 36.5 Å². The second-order valence-corrected chi connectivity index (χ2v) is 5.86. The summed E-state index contributed by atoms with van der Waals surface area (Å²) in [6, 6.07) is 0. The van der Waals surface area contributed by atoms with Crippen LogP contribution in [0.4, 0.5) is 0 Å². The van der Waals surface area contributed by atoms with E-state index >= 15 is 0 Å². The molecule has 0 unspecified atom stereocenters. The predicted molar refractivity (Wildman–Crippen MR) is 90.8 cm³/mol. The number of hydrogen-bond donors (Lipinski definition) is 1. The summed E-state index contributed by atoms with van der Waals surface area (Å²) in [5.74, 6) is 1.03. The normalized spacial score (nSPS) is 21.4. The lowest BCUT2D eigenvalue weighted by Gasteiger charge is -2.62. The summed E-state index contributed by atoms with van der Waals surface area (Å²) < 4.78 is 0. The quantitative estimate of drug-likeness (QED) is 0.273. The van der Waals surface area contributed by atoms with Gasteiger partial charge in [-0.3, -0.25) is 4.99 Å². The Balaban J connectivity index is 0.00000289. The largest absolute Gasteiger partial charge is 0.356 e. The van der Waals surface area contributed by atoms with Gasteiger partial charge >= 0.3 is 0 Å². The second-order valence-electron chi connectivity index (χ2n) is 5.86. The zero-order valence-electron chi connectivity index (χ0n) is 12.6. The Kier molecular flexibility index (Phi) is 6.68. The van der Waals surface area contributed by atoms with Gasteiger partial charge in [0.25, 0.3) is 0 Å². The average Bonchev–Trinajstić information content (AvgIpc) is 2.27. The van der Waals surface area contributed by atoms with E-state index in [1.165, 1.54) is 0 Å². The Morgan fingerprint density at radius 3 is 2.33 bits per heavy atom. The van der Waals surface area contributed by atoms with Crippen molar-refractivity contribution < 1.29 is 0 Å². The van der Waals surface area contributed by atoms with Crippen LogP contribution >= 0.6 is 24.0 Å². The number of likely N-dealkylation sites (tertiary alicyclic amines) is 1. The van der Waals surface area contributed by atoms with Gasteiger partial charge in [0.05, 0.1) is 0 Å². The van der Waals surface area contributed by atoms with Gasteiger partial charge in [-0.1, -0.05) is 26.0 Å². The van der Waals surface area contributed by atoms with Crippen molar-refractivity contribution >= 4 is 29.9 Å². The van der Waals surface area contributed by atoms with E-state index in [-0.39, 0.29) is 29.5 Å². The Morgan fingerprint density at radius 2 is 1.94 bits per heavy atom. The van der Waals surface area contributed by atoms with E-state index in [2.05, 4.69) is 62.0 Å². The zero-order chi connectivity index (χ0) is 13.1. The molecule has 0 atom stereocenters. The molecule has 0 bridgehead atoms. The third-order valence-corrected chi connectivity index (χ3v) is 4.18. The van der Waals surface area contributed by atoms with Crippen LogP contribution in [0.3, 0.4) is 0 Å². The monoisotopic (exact) mass is 365 g/mol. The Hall–Kier alpha value is -0.260. The van der Waals surface area contributed by atoms with Crippen molar-refractivity contribution in [3.05, 3.63) is 12.2 Å². The van der Waals surface area contributed by atoms with Gasteiger partial charge in [0.2, 0.25) is 0 Å². The minimum absolute atomic E-state index is 0. The van der Waals surface area contributed by atoms with Gasteiger partial charge in [-0.2, -0.15) is 0 Å². The fourth-order valence-electron chi connectivity index (χ4n) is 2.13. The van der Waals surface area contributed by atoms with Crippen molar-refractivity contribution in [3.63, 3.8) is 0 Å². The molecule has 0 spiro atoms. The standard InChI is InChI=1S/C14H27N3.HI/c1-7-8-9-10-16-12(15-6)17-11-13(2,3)14(17,4)5;/h7-8H,9-11H2,1-6H3,(H,15,16);1H/b8-7+;. The van der Waals surface area contributed by atoms with E-state index < -0.39 is 0 Å². The molecule has 106 valence electrons. The summed E-state index contributed by atoms with van der Waals surface area (Å²) in [4.78, 5) is 6.74. The van der Waals surface area contributed by atoms with Crippen LogP contribution in [0.25, 0.3) is 0 Å². The number of guanidine groups is 1. The molecule has 3 nitrogen and oxygen atoms in total. The van der Waals surface area contributed by atoms with E-state index in [1.54, 1.807) is 0 Å². The van der Waals surface area contributed by atoms with Crippen molar-refractivity contribution in [1.29, 1.82) is 0 Å². The Labute approximate surface area is 129 Å². The highest BCUT2D eigenvalue weighted by atomic mass is 127. The molecule has 0 amide bonds. The van der Waals surface area contributed by atoms with Crippen molar-refractivity contribution in [1.82, 2.24) is 10.2 Å². The fraction of sp³-hybridized carbons (Fsp3) is 0.786. The summed E-state index contributed by atoms with van der Waals surface area (Å²) in [5, 5.41) is 3.42. The average molecular weight is 365 g/mol. The van der Waals surface area contributed by atoms with Crippen LogP contribution in [0.15, 0.2) is 17.1 Å². The molecule has 1 rings (SSSR count). The smallest absolute Gasteiger partial charge is 0.194 e. The molecule has 0 saturated carbocycles. The van der Waals surface area contributed by atoms with Gasteiger partial charge in [0.15, 0.2) is 5.96 Å². The van der Waals surface area contributed by atoms with E-state index in [9.17, 15) is 0 Å². The van der Waals surface area contributed by atoms with Crippen LogP contribution in [-0.2, 0) is 0 Å². The highest BCUT2D eigenvalue weighted by molar-refractivity contribution is 14.0. The molecule has 1 heterocycles. The second kappa shape index (κ2) is 6.78. The highest BCUT2D eigenvalue weighted by Crippen LogP contribution is 2.46. The number of allylic oxidation sites excluding steroid dienone is 1. The molecule has 1 N–H and O–H groups in total. The van der Waals surface area contributed by atoms with Crippen molar-refractivity contribution in [2.45, 2.75) is 46.6 Å². The van der Waals surface area contributed by atoms with E-state index in [0.29, 0.717) is 5.41 Å². The number of rotatable bonds is 3. The topological polar surface area (TPSA) is 27.6 Å². The van der Waals surface area contributed by atoms with Gasteiger partial charge in [-0.15, -0.1) is 24.0 Å². The first-order valence-corrected chi connectivity index (χ1v) is 6.46. The predicted octanol–water partition coefficient (Wildman–Crippen LogP) is 3.27. The molecule has 0 radical (unpaired) electrons. The molecular formula is C14H28IN3. The summed E-state index contributed by atoms with van der Waals surface area (Å²) in [6.45, 7) is 13.3. The van der Waals surface area contributed by atoms with Crippen molar-refractivity contribution in [2.24, 2.45) is 10.4 Å². The minimum atomic E-state index is 0. The molecule has 1 saturated heterocycles. The molecule has 4 heteroatoms. The molecule has 0 aromatic heterocycles. The number of halogens is 1. The van der Waals surface area contributed by atoms with Crippen molar-refractivity contribution in [2.75, 3.05) is 20.1 Å². The number of hydrogen-bond acceptors (Lipinski definition) is 1. The van der Waals surface area contributed by atoms with Gasteiger partial charge in [0.1, 0.15) is 0 Å². The molecule has 18 heavy (non-hydrogen) atoms. The van der Waals surface area contributed by atoms with E-state index in [4.69, 9.17) is 0 Å². The Morgan fingerprint density at radius 1 is 1.33 bits per heavy atom. The SMILES string of the molecule is C/C=C/CCNC(=NC)N1CC(C)(C)C1(C)C.I. The number of nitrogens with zero attached hydrogens (tertiary/aromatic N) is 2. The lowest BCUT2D eigenvalue weighted by Crippen LogP contribution is -2.72. The molecule has 1 fully saturated rings. The lowest BCUT2D eigenvalue weighted by atomic mass is 9.65. The molecule has 0 aromatic carbocycles. The highest BCUT2D eigenvalue weighted by Gasteiger charge is 2.53. The molecule has 0 aliphatic carbocycles. The zero-order valence-corrected chi connectivity index (χ0v) is 14.9. The summed E-state index contributed by atoms with van der Waals surface area (Å²) in [5.41, 5.74) is 0.531. The van der Waals surface area contributed by atoms with E-state index in [0.717, 1.165) is 25.5 Å². The third kappa shape index (κ3) is 3.39. The fourth-order valence-corrected chi connectivity index (χ4v) is 2.13. The molecule has 0 aromatic rings. The maximum Gasteiger partial charge on any atom is 0.194 e. The van der Waals surface area contributed by atoms with Gasteiger partial charge < -0.3 is 10.2 Å². The summed E-state index contributed by atoms with van der Waals surface area (Å²) in [7, 11) is 1.86. The first kappa shape index (κ1) is 17.7. The third-order valence-electron chi connectivity index (χ3n) is 4.18. The van der Waals surface area contributed by atoms with Crippen molar-refractivity contribution in [3.8, 4) is 0 Å². The minimum Gasteiger partial charge on any atom is -0.356 e. The van der Waals surface area contributed by atoms with Gasteiger partial charge in [0, 0.05) is 31.1 Å². The Bertz CT molecular complexity index is 319. The van der Waals surface area contributed by atoms with Crippen LogP contribution in [0.1, 0.15) is 41.0 Å². The van der Waals surface area contributed by atoms with Crippen LogP contribution in [0, 0.1) is 5.41 Å². The molecule has 1 aliphatic heterocycles. The van der Waals surface area contributed by atoms with Crippen LogP contribution in [0.5, 0.6) is 0 Å². The maximum absolute atomic E-state index is 4.38. The van der Waals surface area contributed by atoms with Crippen LogP contribution in [0.2, 0.25) is 0 Å². The summed E-state index contributed by atoms with van der Waals surface area (Å²) >= 11 is 0. The van der Waals surface area contributed by atoms with E-state index in [1.807, 2.05) is 7.05 Å². The van der Waals surface area contributed by atoms with Crippen LogP contribution < -0.4 is 5.32 Å². The molecular weight excluding hydrogens is 337 g/mol. The number of nitrogens with one attached hydrogen (secondary N) is 1. The maximum atomic E-state index is 4.38.